The Balaban J connectivity index is 3.03. The van der Waals surface area contributed by atoms with Gasteiger partial charge in [0.15, 0.2) is 0 Å². The van der Waals surface area contributed by atoms with Crippen LogP contribution in [0.1, 0.15) is 17.2 Å². The Kier molecular flexibility index (Phi) is 2.63. The molecule has 0 unspecified atom stereocenters. The van der Waals surface area contributed by atoms with Crippen molar-refractivity contribution in [3.63, 3.8) is 0 Å². The van der Waals surface area contributed by atoms with E-state index in [-0.39, 0.29) is 11.6 Å². The van der Waals surface area contributed by atoms with Crippen LogP contribution >= 0.6 is 0 Å². The predicted octanol–water partition coefficient (Wildman–Crippen LogP) is -0.118. The average Bonchev–Trinajstić information content (AvgIpc) is 1.78. The molecule has 0 aliphatic heterocycles. The molecule has 2 N–H and O–H groups in total. The van der Waals surface area contributed by atoms with Crippen LogP contribution < -0.4 is 5.14 Å². The van der Waals surface area contributed by atoms with Gasteiger partial charge >= 0.3 is 0 Å². The van der Waals surface area contributed by atoms with Gasteiger partial charge in [-0.05, 0) is 19.9 Å². The molecule has 0 radical (unpaired) electrons. The second-order valence-corrected chi connectivity index (χ2v) is 4.49. The quantitative estimate of drug-likeness (QED) is 0.722. The summed E-state index contributed by atoms with van der Waals surface area (Å²) in [5.74, 6) is -0.0600. The molecular weight excluding hydrogens is 190 g/mol. The molecule has 6 heteroatoms. The van der Waals surface area contributed by atoms with Crippen molar-refractivity contribution in [3.05, 3.63) is 23.3 Å². The van der Waals surface area contributed by atoms with Crippen LogP contribution in [-0.2, 0) is 15.8 Å². The van der Waals surface area contributed by atoms with Crippen LogP contribution in [0, 0.1) is 13.8 Å². The predicted molar refractivity (Wildman–Crippen MR) is 48.3 cm³/mol. The van der Waals surface area contributed by atoms with E-state index in [4.69, 9.17) is 5.14 Å². The fraction of sp³-hybridized carbons (Fsp3) is 0.429. The molecule has 0 aliphatic carbocycles. The van der Waals surface area contributed by atoms with E-state index in [1.807, 2.05) is 0 Å². The molecule has 1 aromatic rings. The molecule has 1 rings (SSSR count). The molecule has 0 bridgehead atoms. The Morgan fingerprint density at radius 2 is 1.77 bits per heavy atom. The molecule has 1 heterocycles. The van der Waals surface area contributed by atoms with Crippen LogP contribution in [0.15, 0.2) is 6.07 Å². The van der Waals surface area contributed by atoms with Gasteiger partial charge in [-0.15, -0.1) is 0 Å². The zero-order valence-electron chi connectivity index (χ0n) is 7.48. The maximum absolute atomic E-state index is 10.7. The summed E-state index contributed by atoms with van der Waals surface area (Å²) in [6, 6.07) is 1.77. The second-order valence-electron chi connectivity index (χ2n) is 2.87. The number of hydrogen-bond acceptors (Lipinski definition) is 4. The van der Waals surface area contributed by atoms with E-state index in [0.717, 1.165) is 11.4 Å². The molecule has 0 saturated carbocycles. The molecule has 0 aliphatic rings. The molecule has 0 amide bonds. The molecule has 13 heavy (non-hydrogen) atoms. The maximum atomic E-state index is 10.7. The third-order valence-electron chi connectivity index (χ3n) is 1.36. The zero-order chi connectivity index (χ0) is 10.1. The molecule has 1 aromatic heterocycles. The van der Waals surface area contributed by atoms with E-state index in [0.29, 0.717) is 0 Å². The van der Waals surface area contributed by atoms with E-state index in [2.05, 4.69) is 9.97 Å². The van der Waals surface area contributed by atoms with Gasteiger partial charge in [-0.25, -0.2) is 23.5 Å². The highest BCUT2D eigenvalue weighted by Crippen LogP contribution is 2.01. The van der Waals surface area contributed by atoms with Gasteiger partial charge in [0.2, 0.25) is 10.0 Å². The van der Waals surface area contributed by atoms with E-state index in [1.165, 1.54) is 0 Å². The van der Waals surface area contributed by atoms with Crippen molar-refractivity contribution in [1.29, 1.82) is 0 Å². The first kappa shape index (κ1) is 10.1. The molecule has 5 nitrogen and oxygen atoms in total. The number of nitrogens with two attached hydrogens (primary N) is 1. The van der Waals surface area contributed by atoms with E-state index >= 15 is 0 Å². The molecule has 0 fully saturated rings. The average molecular weight is 201 g/mol. The normalized spacial score (nSPS) is 11.6. The van der Waals surface area contributed by atoms with Gasteiger partial charge < -0.3 is 0 Å². The van der Waals surface area contributed by atoms with Gasteiger partial charge in [0.1, 0.15) is 11.6 Å². The highest BCUT2D eigenvalue weighted by molar-refractivity contribution is 7.88. The minimum atomic E-state index is -3.54. The lowest BCUT2D eigenvalue weighted by molar-refractivity contribution is 0.595. The number of aromatic nitrogens is 2. The largest absolute Gasteiger partial charge is 0.237 e. The van der Waals surface area contributed by atoms with Gasteiger partial charge in [-0.2, -0.15) is 0 Å². The number of nitrogens with zero attached hydrogens (tertiary/aromatic N) is 2. The standard InChI is InChI=1S/C7H11N3O2S/c1-5-3-6(2)10-7(9-5)4-13(8,11)12/h3H,4H2,1-2H3,(H2,8,11,12). The van der Waals surface area contributed by atoms with Gasteiger partial charge in [0.05, 0.1) is 0 Å². The Morgan fingerprint density at radius 1 is 1.31 bits per heavy atom. The topological polar surface area (TPSA) is 85.9 Å². The van der Waals surface area contributed by atoms with Crippen molar-refractivity contribution in [1.82, 2.24) is 9.97 Å². The Bertz CT molecular complexity index is 393. The first-order valence-corrected chi connectivity index (χ1v) is 5.40. The smallest absolute Gasteiger partial charge is 0.216 e. The summed E-state index contributed by atoms with van der Waals surface area (Å²) < 4.78 is 21.4. The van der Waals surface area contributed by atoms with Gasteiger partial charge in [-0.3, -0.25) is 0 Å². The summed E-state index contributed by atoms with van der Waals surface area (Å²) in [7, 11) is -3.54. The minimum absolute atomic E-state index is 0.250. The van der Waals surface area contributed by atoms with Crippen LogP contribution in [-0.4, -0.2) is 18.4 Å². The monoisotopic (exact) mass is 201 g/mol. The SMILES string of the molecule is Cc1cc(C)nc(CS(N)(=O)=O)n1. The maximum Gasteiger partial charge on any atom is 0.216 e. The van der Waals surface area contributed by atoms with Crippen molar-refractivity contribution in [2.75, 3.05) is 0 Å². The highest BCUT2D eigenvalue weighted by Gasteiger charge is 2.08. The number of hydrogen-bond donors (Lipinski definition) is 1. The Hall–Kier alpha value is -1.01. The van der Waals surface area contributed by atoms with Gasteiger partial charge in [0, 0.05) is 11.4 Å². The van der Waals surface area contributed by atoms with Crippen LogP contribution in [0.25, 0.3) is 0 Å². The summed E-state index contributed by atoms with van der Waals surface area (Å²) in [4.78, 5) is 7.90. The molecule has 0 aromatic carbocycles. The number of sulfonamides is 1. The lowest BCUT2D eigenvalue weighted by Gasteiger charge is -2.00. The third-order valence-corrected chi connectivity index (χ3v) is 2.02. The first-order chi connectivity index (χ1) is 5.87. The van der Waals surface area contributed by atoms with Crippen LogP contribution in [0.5, 0.6) is 0 Å². The van der Waals surface area contributed by atoms with Crippen LogP contribution in [0.4, 0.5) is 0 Å². The number of rotatable bonds is 2. The van der Waals surface area contributed by atoms with Crippen molar-refractivity contribution < 1.29 is 8.42 Å². The number of primary sulfonamides is 1. The lowest BCUT2D eigenvalue weighted by Crippen LogP contribution is -2.16. The van der Waals surface area contributed by atoms with Crippen LogP contribution in [0.3, 0.4) is 0 Å². The van der Waals surface area contributed by atoms with Gasteiger partial charge in [0.25, 0.3) is 0 Å². The van der Waals surface area contributed by atoms with E-state index in [9.17, 15) is 8.42 Å². The fourth-order valence-corrected chi connectivity index (χ4v) is 1.53. The summed E-state index contributed by atoms with van der Waals surface area (Å²) in [6.07, 6.45) is 0. The highest BCUT2D eigenvalue weighted by atomic mass is 32.2. The zero-order valence-corrected chi connectivity index (χ0v) is 8.30. The molecule has 0 saturated heterocycles. The summed E-state index contributed by atoms with van der Waals surface area (Å²) in [6.45, 7) is 3.56. The molecule has 0 spiro atoms. The first-order valence-electron chi connectivity index (χ1n) is 3.68. The molecule has 72 valence electrons. The fourth-order valence-electron chi connectivity index (χ4n) is 1.04. The van der Waals surface area contributed by atoms with Crippen LogP contribution in [0.2, 0.25) is 0 Å². The van der Waals surface area contributed by atoms with Gasteiger partial charge in [-0.1, -0.05) is 0 Å². The Labute approximate surface area is 77.1 Å². The molecule has 0 atom stereocenters. The van der Waals surface area contributed by atoms with E-state index in [1.54, 1.807) is 19.9 Å². The second kappa shape index (κ2) is 3.39. The van der Waals surface area contributed by atoms with Crippen molar-refractivity contribution in [2.24, 2.45) is 5.14 Å². The van der Waals surface area contributed by atoms with Crippen molar-refractivity contribution in [2.45, 2.75) is 19.6 Å². The summed E-state index contributed by atoms with van der Waals surface area (Å²) in [5, 5.41) is 4.86. The Morgan fingerprint density at radius 3 is 2.15 bits per heavy atom. The van der Waals surface area contributed by atoms with Crippen molar-refractivity contribution >= 4 is 10.0 Å². The van der Waals surface area contributed by atoms with Crippen molar-refractivity contribution in [3.8, 4) is 0 Å². The van der Waals surface area contributed by atoms with E-state index < -0.39 is 10.0 Å². The number of aryl methyl sites for hydroxylation is 2. The third kappa shape index (κ3) is 3.47. The summed E-state index contributed by atoms with van der Waals surface area (Å²) >= 11 is 0. The minimum Gasteiger partial charge on any atom is -0.237 e. The lowest BCUT2D eigenvalue weighted by atomic mass is 10.3. The molecular formula is C7H11N3O2S. The summed E-state index contributed by atoms with van der Waals surface area (Å²) in [5.41, 5.74) is 1.48.